The number of hydrogen-bond acceptors (Lipinski definition) is 1. The van der Waals surface area contributed by atoms with E-state index in [1.165, 1.54) is 6.07 Å². The Kier molecular flexibility index (Phi) is 4.51. The molecule has 1 aromatic carbocycles. The standard InChI is InChI=1S/C13H18BrFO/c1-13(2,3)8-10(16)6-9-4-5-12(15)11(14)7-9/h4-5,7,10,16H,6,8H2,1-3H3. The zero-order valence-electron chi connectivity index (χ0n) is 9.93. The maximum Gasteiger partial charge on any atom is 0.137 e. The number of hydrogen-bond donors (Lipinski definition) is 1. The lowest BCUT2D eigenvalue weighted by molar-refractivity contribution is 0.121. The van der Waals surface area contributed by atoms with Crippen LogP contribution in [0.3, 0.4) is 0 Å². The van der Waals surface area contributed by atoms with Gasteiger partial charge < -0.3 is 5.11 Å². The smallest absolute Gasteiger partial charge is 0.137 e. The van der Waals surface area contributed by atoms with Gasteiger partial charge in [-0.1, -0.05) is 26.8 Å². The molecule has 90 valence electrons. The van der Waals surface area contributed by atoms with E-state index in [2.05, 4.69) is 36.7 Å². The van der Waals surface area contributed by atoms with Crippen molar-refractivity contribution in [2.45, 2.75) is 39.7 Å². The van der Waals surface area contributed by atoms with E-state index in [0.717, 1.165) is 12.0 Å². The molecule has 1 unspecified atom stereocenters. The molecule has 0 bridgehead atoms. The minimum absolute atomic E-state index is 0.108. The van der Waals surface area contributed by atoms with Crippen LogP contribution in [0.2, 0.25) is 0 Å². The molecule has 0 heterocycles. The summed E-state index contributed by atoms with van der Waals surface area (Å²) < 4.78 is 13.4. The average molecular weight is 289 g/mol. The van der Waals surface area contributed by atoms with Gasteiger partial charge in [-0.15, -0.1) is 0 Å². The van der Waals surface area contributed by atoms with Gasteiger partial charge in [-0.05, 0) is 51.9 Å². The number of aliphatic hydroxyl groups is 1. The zero-order chi connectivity index (χ0) is 12.3. The Bertz CT molecular complexity index is 357. The highest BCUT2D eigenvalue weighted by atomic mass is 79.9. The van der Waals surface area contributed by atoms with Crippen LogP contribution in [0.25, 0.3) is 0 Å². The molecule has 0 spiro atoms. The molecule has 1 aromatic rings. The molecular formula is C13H18BrFO. The summed E-state index contributed by atoms with van der Waals surface area (Å²) >= 11 is 3.14. The molecule has 0 saturated heterocycles. The summed E-state index contributed by atoms with van der Waals surface area (Å²) in [5, 5.41) is 9.89. The third-order valence-corrected chi connectivity index (χ3v) is 2.91. The number of halogens is 2. The summed E-state index contributed by atoms with van der Waals surface area (Å²) in [6, 6.07) is 4.86. The van der Waals surface area contributed by atoms with Crippen LogP contribution in [-0.2, 0) is 6.42 Å². The van der Waals surface area contributed by atoms with E-state index in [1.807, 2.05) is 0 Å². The van der Waals surface area contributed by atoms with Crippen LogP contribution in [0.5, 0.6) is 0 Å². The van der Waals surface area contributed by atoms with Gasteiger partial charge in [0.1, 0.15) is 5.82 Å². The lowest BCUT2D eigenvalue weighted by atomic mass is 9.87. The molecule has 0 aliphatic rings. The molecular weight excluding hydrogens is 271 g/mol. The molecule has 1 N–H and O–H groups in total. The highest BCUT2D eigenvalue weighted by Crippen LogP contribution is 2.24. The predicted molar refractivity (Wildman–Crippen MR) is 67.9 cm³/mol. The Morgan fingerprint density at radius 3 is 2.50 bits per heavy atom. The van der Waals surface area contributed by atoms with Crippen LogP contribution in [-0.4, -0.2) is 11.2 Å². The Balaban J connectivity index is 2.63. The molecule has 1 atom stereocenters. The maximum atomic E-state index is 13.0. The van der Waals surface area contributed by atoms with Crippen molar-refractivity contribution in [1.82, 2.24) is 0 Å². The van der Waals surface area contributed by atoms with Gasteiger partial charge >= 0.3 is 0 Å². The van der Waals surface area contributed by atoms with Gasteiger partial charge in [-0.2, -0.15) is 0 Å². The highest BCUT2D eigenvalue weighted by Gasteiger charge is 2.17. The average Bonchev–Trinajstić information content (AvgIpc) is 2.08. The summed E-state index contributed by atoms with van der Waals surface area (Å²) in [6.07, 6.45) is 0.926. The number of rotatable bonds is 3. The summed E-state index contributed by atoms with van der Waals surface area (Å²) in [5.41, 5.74) is 1.06. The summed E-state index contributed by atoms with van der Waals surface area (Å²) in [4.78, 5) is 0. The summed E-state index contributed by atoms with van der Waals surface area (Å²) in [5.74, 6) is -0.269. The fourth-order valence-electron chi connectivity index (χ4n) is 1.72. The Morgan fingerprint density at radius 2 is 2.00 bits per heavy atom. The quantitative estimate of drug-likeness (QED) is 0.894. The van der Waals surface area contributed by atoms with Crippen LogP contribution in [0, 0.1) is 11.2 Å². The van der Waals surface area contributed by atoms with Gasteiger partial charge in [-0.25, -0.2) is 4.39 Å². The highest BCUT2D eigenvalue weighted by molar-refractivity contribution is 9.10. The lowest BCUT2D eigenvalue weighted by Gasteiger charge is -2.22. The van der Waals surface area contributed by atoms with Crippen LogP contribution < -0.4 is 0 Å². The molecule has 0 aliphatic carbocycles. The topological polar surface area (TPSA) is 20.2 Å². The van der Waals surface area contributed by atoms with Crippen LogP contribution in [0.15, 0.2) is 22.7 Å². The van der Waals surface area contributed by atoms with Gasteiger partial charge in [0.15, 0.2) is 0 Å². The van der Waals surface area contributed by atoms with Gasteiger partial charge in [0, 0.05) is 0 Å². The van der Waals surface area contributed by atoms with Crippen molar-refractivity contribution >= 4 is 15.9 Å². The minimum Gasteiger partial charge on any atom is -0.393 e. The number of aliphatic hydroxyl groups excluding tert-OH is 1. The third-order valence-electron chi connectivity index (χ3n) is 2.30. The first-order valence-corrected chi connectivity index (χ1v) is 6.19. The van der Waals surface area contributed by atoms with E-state index in [1.54, 1.807) is 12.1 Å². The van der Waals surface area contributed by atoms with Crippen LogP contribution in [0.1, 0.15) is 32.8 Å². The zero-order valence-corrected chi connectivity index (χ0v) is 11.5. The normalized spacial score (nSPS) is 13.9. The molecule has 3 heteroatoms. The summed E-state index contributed by atoms with van der Waals surface area (Å²) in [7, 11) is 0. The second-order valence-electron chi connectivity index (χ2n) is 5.37. The van der Waals surface area contributed by atoms with E-state index in [4.69, 9.17) is 0 Å². The first-order chi connectivity index (χ1) is 7.28. The first-order valence-electron chi connectivity index (χ1n) is 5.40. The van der Waals surface area contributed by atoms with Crippen molar-refractivity contribution in [3.8, 4) is 0 Å². The molecule has 1 nitrogen and oxygen atoms in total. The van der Waals surface area contributed by atoms with Crippen molar-refractivity contribution in [2.75, 3.05) is 0 Å². The molecule has 0 radical (unpaired) electrons. The van der Waals surface area contributed by atoms with E-state index in [9.17, 15) is 9.50 Å². The van der Waals surface area contributed by atoms with Gasteiger partial charge in [0.05, 0.1) is 10.6 Å². The fraction of sp³-hybridized carbons (Fsp3) is 0.538. The van der Waals surface area contributed by atoms with Gasteiger partial charge in [0.2, 0.25) is 0 Å². The number of benzene rings is 1. The van der Waals surface area contributed by atoms with E-state index in [-0.39, 0.29) is 17.3 Å². The van der Waals surface area contributed by atoms with Crippen molar-refractivity contribution in [3.05, 3.63) is 34.1 Å². The van der Waals surface area contributed by atoms with Crippen molar-refractivity contribution in [3.63, 3.8) is 0 Å². The van der Waals surface area contributed by atoms with Crippen LogP contribution in [0.4, 0.5) is 4.39 Å². The monoisotopic (exact) mass is 288 g/mol. The Hall–Kier alpha value is -0.410. The van der Waals surface area contributed by atoms with Crippen molar-refractivity contribution < 1.29 is 9.50 Å². The van der Waals surface area contributed by atoms with E-state index >= 15 is 0 Å². The largest absolute Gasteiger partial charge is 0.393 e. The maximum absolute atomic E-state index is 13.0. The molecule has 0 amide bonds. The molecule has 0 aliphatic heterocycles. The van der Waals surface area contributed by atoms with Crippen molar-refractivity contribution in [2.24, 2.45) is 5.41 Å². The van der Waals surface area contributed by atoms with Crippen molar-refractivity contribution in [1.29, 1.82) is 0 Å². The third kappa shape index (κ3) is 4.62. The van der Waals surface area contributed by atoms with Gasteiger partial charge in [0.25, 0.3) is 0 Å². The second-order valence-corrected chi connectivity index (χ2v) is 6.23. The Labute approximate surface area is 105 Å². The molecule has 16 heavy (non-hydrogen) atoms. The molecule has 0 fully saturated rings. The van der Waals surface area contributed by atoms with Crippen LogP contribution >= 0.6 is 15.9 Å². The minimum atomic E-state index is -0.377. The Morgan fingerprint density at radius 1 is 1.38 bits per heavy atom. The molecule has 0 aromatic heterocycles. The van der Waals surface area contributed by atoms with E-state index in [0.29, 0.717) is 10.9 Å². The molecule has 1 rings (SSSR count). The predicted octanol–water partition coefficient (Wildman–Crippen LogP) is 3.93. The molecule has 0 saturated carbocycles. The second kappa shape index (κ2) is 5.28. The first kappa shape index (κ1) is 13.7. The SMILES string of the molecule is CC(C)(C)CC(O)Cc1ccc(F)c(Br)c1. The lowest BCUT2D eigenvalue weighted by Crippen LogP contribution is -2.19. The van der Waals surface area contributed by atoms with E-state index < -0.39 is 0 Å². The fourth-order valence-corrected chi connectivity index (χ4v) is 2.14. The van der Waals surface area contributed by atoms with Gasteiger partial charge in [-0.3, -0.25) is 0 Å². The summed E-state index contributed by atoms with van der Waals surface area (Å²) in [6.45, 7) is 6.28.